The van der Waals surface area contributed by atoms with Gasteiger partial charge in [-0.1, -0.05) is 13.3 Å². The third-order valence-corrected chi connectivity index (χ3v) is 4.40. The second-order valence-electron chi connectivity index (χ2n) is 4.95. The van der Waals surface area contributed by atoms with Gasteiger partial charge in [0.25, 0.3) is 5.91 Å². The van der Waals surface area contributed by atoms with Crippen LogP contribution in [0.15, 0.2) is 36.7 Å². The Morgan fingerprint density at radius 3 is 2.95 bits per heavy atom. The Balaban J connectivity index is 1.93. The van der Waals surface area contributed by atoms with Gasteiger partial charge in [0.15, 0.2) is 0 Å². The summed E-state index contributed by atoms with van der Waals surface area (Å²) in [5.41, 5.74) is 8.26. The summed E-state index contributed by atoms with van der Waals surface area (Å²) in [6, 6.07) is 7.46. The molecular weight excluding hydrogens is 296 g/mol. The number of carbonyl (C=O) groups excluding carboxylic acids is 1. The Hall–Kier alpha value is -2.47. The van der Waals surface area contributed by atoms with Crippen molar-refractivity contribution in [3.8, 4) is 0 Å². The molecule has 0 bridgehead atoms. The molecule has 3 rings (SSSR count). The van der Waals surface area contributed by atoms with Crippen molar-refractivity contribution in [3.63, 3.8) is 0 Å². The quantitative estimate of drug-likeness (QED) is 0.773. The van der Waals surface area contributed by atoms with E-state index in [1.165, 1.54) is 11.3 Å². The summed E-state index contributed by atoms with van der Waals surface area (Å²) in [6.07, 6.45) is 5.21. The smallest absolute Gasteiger partial charge is 0.267 e. The lowest BCUT2D eigenvalue weighted by Crippen LogP contribution is -2.11. The van der Waals surface area contributed by atoms with Crippen LogP contribution >= 0.6 is 11.3 Å². The van der Waals surface area contributed by atoms with Crippen LogP contribution < -0.4 is 11.1 Å². The zero-order chi connectivity index (χ0) is 15.5. The van der Waals surface area contributed by atoms with Gasteiger partial charge in [0, 0.05) is 17.3 Å². The van der Waals surface area contributed by atoms with Crippen LogP contribution in [0.4, 0.5) is 11.4 Å². The van der Waals surface area contributed by atoms with E-state index in [0.29, 0.717) is 16.3 Å². The molecule has 0 saturated heterocycles. The zero-order valence-electron chi connectivity index (χ0n) is 12.2. The number of anilines is 2. The number of nitrogens with two attached hydrogens (primary N) is 1. The minimum absolute atomic E-state index is 0.231. The molecule has 0 saturated carbocycles. The fraction of sp³-hybridized carbons (Fsp3) is 0.188. The van der Waals surface area contributed by atoms with Crippen molar-refractivity contribution in [2.75, 3.05) is 11.1 Å². The topological polar surface area (TPSA) is 80.9 Å². The first-order valence-electron chi connectivity index (χ1n) is 7.08. The lowest BCUT2D eigenvalue weighted by atomic mass is 10.2. The number of hydrogen-bond acceptors (Lipinski definition) is 5. The predicted octanol–water partition coefficient (Wildman–Crippen LogP) is 3.48. The number of nitrogens with zero attached hydrogens (tertiary/aromatic N) is 2. The third kappa shape index (κ3) is 2.78. The normalized spacial score (nSPS) is 10.8. The van der Waals surface area contributed by atoms with E-state index in [2.05, 4.69) is 22.2 Å². The van der Waals surface area contributed by atoms with E-state index in [4.69, 9.17) is 5.73 Å². The van der Waals surface area contributed by atoms with Gasteiger partial charge < -0.3 is 11.1 Å². The monoisotopic (exact) mass is 312 g/mol. The zero-order valence-corrected chi connectivity index (χ0v) is 13.0. The molecule has 6 heteroatoms. The molecule has 0 spiro atoms. The highest BCUT2D eigenvalue weighted by Crippen LogP contribution is 2.33. The fourth-order valence-electron chi connectivity index (χ4n) is 2.22. The van der Waals surface area contributed by atoms with Crippen molar-refractivity contribution in [3.05, 3.63) is 47.2 Å². The first-order chi connectivity index (χ1) is 10.7. The van der Waals surface area contributed by atoms with Gasteiger partial charge in [-0.3, -0.25) is 9.78 Å². The highest BCUT2D eigenvalue weighted by molar-refractivity contribution is 7.21. The summed E-state index contributed by atoms with van der Waals surface area (Å²) in [4.78, 5) is 22.2. The maximum Gasteiger partial charge on any atom is 0.267 e. The van der Waals surface area contributed by atoms with Crippen LogP contribution in [0.2, 0.25) is 0 Å². The van der Waals surface area contributed by atoms with Crippen molar-refractivity contribution in [1.82, 2.24) is 9.97 Å². The summed E-state index contributed by atoms with van der Waals surface area (Å²) in [6.45, 7) is 2.11. The second kappa shape index (κ2) is 6.11. The standard InChI is InChI=1S/C16H16N4OS/c1-2-4-10-6-7-12-13(17)14(22-16(12)20-10)15(21)19-11-5-3-8-18-9-11/h3,5-9H,2,4,17H2,1H3,(H,19,21). The number of nitrogens with one attached hydrogen (secondary N) is 1. The molecule has 0 aromatic carbocycles. The highest BCUT2D eigenvalue weighted by atomic mass is 32.1. The van der Waals surface area contributed by atoms with E-state index in [1.54, 1.807) is 24.5 Å². The average Bonchev–Trinajstić information content (AvgIpc) is 2.85. The van der Waals surface area contributed by atoms with Gasteiger partial charge in [-0.15, -0.1) is 11.3 Å². The van der Waals surface area contributed by atoms with Gasteiger partial charge in [0.1, 0.15) is 9.71 Å². The third-order valence-electron chi connectivity index (χ3n) is 3.28. The number of rotatable bonds is 4. The molecule has 1 amide bonds. The number of thiophene rings is 1. The number of pyridine rings is 2. The molecule has 22 heavy (non-hydrogen) atoms. The number of fused-ring (bicyclic) bond motifs is 1. The molecule has 3 aromatic rings. The Morgan fingerprint density at radius 1 is 1.36 bits per heavy atom. The Labute approximate surface area is 132 Å². The van der Waals surface area contributed by atoms with Crippen molar-refractivity contribution in [1.29, 1.82) is 0 Å². The van der Waals surface area contributed by atoms with Gasteiger partial charge >= 0.3 is 0 Å². The Morgan fingerprint density at radius 2 is 2.23 bits per heavy atom. The molecule has 3 aromatic heterocycles. The summed E-state index contributed by atoms with van der Waals surface area (Å²) < 4.78 is 0. The molecule has 0 aliphatic rings. The molecular formula is C16H16N4OS. The summed E-state index contributed by atoms with van der Waals surface area (Å²) in [5.74, 6) is -0.231. The van der Waals surface area contributed by atoms with Gasteiger partial charge in [0.05, 0.1) is 17.6 Å². The maximum absolute atomic E-state index is 12.4. The summed E-state index contributed by atoms with van der Waals surface area (Å²) in [5, 5.41) is 3.64. The minimum Gasteiger partial charge on any atom is -0.397 e. The first kappa shape index (κ1) is 14.5. The molecule has 0 unspecified atom stereocenters. The Kier molecular flexibility index (Phi) is 4.02. The van der Waals surface area contributed by atoms with E-state index in [1.807, 2.05) is 12.1 Å². The molecule has 0 radical (unpaired) electrons. The molecule has 3 heterocycles. The lowest BCUT2D eigenvalue weighted by molar-refractivity contribution is 0.103. The van der Waals surface area contributed by atoms with Gasteiger partial charge in [0.2, 0.25) is 0 Å². The molecule has 112 valence electrons. The number of aryl methyl sites for hydroxylation is 1. The molecule has 0 fully saturated rings. The maximum atomic E-state index is 12.4. The largest absolute Gasteiger partial charge is 0.397 e. The lowest BCUT2D eigenvalue weighted by Gasteiger charge is -2.03. The van der Waals surface area contributed by atoms with Crippen molar-refractivity contribution in [2.24, 2.45) is 0 Å². The van der Waals surface area contributed by atoms with Crippen LogP contribution in [0.1, 0.15) is 28.7 Å². The van der Waals surface area contributed by atoms with E-state index in [9.17, 15) is 4.79 Å². The molecule has 0 aliphatic heterocycles. The first-order valence-corrected chi connectivity index (χ1v) is 7.90. The van der Waals surface area contributed by atoms with Gasteiger partial charge in [-0.25, -0.2) is 4.98 Å². The van der Waals surface area contributed by atoms with Crippen LogP contribution in [0.25, 0.3) is 10.2 Å². The van der Waals surface area contributed by atoms with Crippen LogP contribution in [0, 0.1) is 0 Å². The van der Waals surface area contributed by atoms with Crippen LogP contribution in [0.5, 0.6) is 0 Å². The number of amides is 1. The predicted molar refractivity (Wildman–Crippen MR) is 90.2 cm³/mol. The Bertz CT molecular complexity index is 814. The second-order valence-corrected chi connectivity index (χ2v) is 5.95. The van der Waals surface area contributed by atoms with Gasteiger partial charge in [-0.05, 0) is 30.7 Å². The van der Waals surface area contributed by atoms with Crippen molar-refractivity contribution in [2.45, 2.75) is 19.8 Å². The molecule has 3 N–H and O–H groups in total. The van der Waals surface area contributed by atoms with Crippen LogP contribution in [0.3, 0.4) is 0 Å². The minimum atomic E-state index is -0.231. The highest BCUT2D eigenvalue weighted by Gasteiger charge is 2.17. The van der Waals surface area contributed by atoms with E-state index >= 15 is 0 Å². The number of nitrogen functional groups attached to an aromatic ring is 1. The van der Waals surface area contributed by atoms with E-state index < -0.39 is 0 Å². The average molecular weight is 312 g/mol. The molecule has 5 nitrogen and oxygen atoms in total. The summed E-state index contributed by atoms with van der Waals surface area (Å²) >= 11 is 1.32. The summed E-state index contributed by atoms with van der Waals surface area (Å²) in [7, 11) is 0. The van der Waals surface area contributed by atoms with E-state index in [-0.39, 0.29) is 5.91 Å². The fourth-order valence-corrected chi connectivity index (χ4v) is 3.23. The molecule has 0 aliphatic carbocycles. The van der Waals surface area contributed by atoms with Gasteiger partial charge in [-0.2, -0.15) is 0 Å². The van der Waals surface area contributed by atoms with Crippen molar-refractivity contribution >= 4 is 38.8 Å². The van der Waals surface area contributed by atoms with Crippen LogP contribution in [-0.4, -0.2) is 15.9 Å². The van der Waals surface area contributed by atoms with Crippen molar-refractivity contribution < 1.29 is 4.79 Å². The number of carbonyl (C=O) groups is 1. The number of hydrogen-bond donors (Lipinski definition) is 2. The molecule has 0 atom stereocenters. The number of aromatic nitrogens is 2. The van der Waals surface area contributed by atoms with Crippen LogP contribution in [-0.2, 0) is 6.42 Å². The SMILES string of the molecule is CCCc1ccc2c(N)c(C(=O)Nc3cccnc3)sc2n1. The van der Waals surface area contributed by atoms with E-state index in [0.717, 1.165) is 28.8 Å².